The van der Waals surface area contributed by atoms with Gasteiger partial charge in [0.25, 0.3) is 0 Å². The van der Waals surface area contributed by atoms with Crippen LogP contribution in [0.1, 0.15) is 0 Å². The Bertz CT molecular complexity index is 173. The van der Waals surface area contributed by atoms with Crippen LogP contribution in [0.4, 0.5) is 0 Å². The predicted octanol–water partition coefficient (Wildman–Crippen LogP) is -0.695. The van der Waals surface area contributed by atoms with Gasteiger partial charge in [0.05, 0.1) is 12.9 Å². The Balaban J connectivity index is 3.43. The Morgan fingerprint density at radius 2 is 2.25 bits per heavy atom. The molecule has 0 saturated heterocycles. The van der Waals surface area contributed by atoms with E-state index in [1.165, 1.54) is 7.11 Å². The van der Waals surface area contributed by atoms with Gasteiger partial charge in [0.1, 0.15) is 6.04 Å². The van der Waals surface area contributed by atoms with Crippen molar-refractivity contribution >= 4 is 23.7 Å². The van der Waals surface area contributed by atoms with Crippen molar-refractivity contribution in [2.24, 2.45) is 5.73 Å². The van der Waals surface area contributed by atoms with Crippen LogP contribution in [0, 0.1) is 0 Å². The minimum absolute atomic E-state index is 0.136. The summed E-state index contributed by atoms with van der Waals surface area (Å²) in [6, 6.07) is -0.917. The van der Waals surface area contributed by atoms with E-state index in [1.807, 2.05) is 0 Å². The topological polar surface area (TPSA) is 89.6 Å². The van der Waals surface area contributed by atoms with Crippen molar-refractivity contribution < 1.29 is 19.4 Å². The second-order valence-electron chi connectivity index (χ2n) is 2.04. The number of hydrogen-bond acceptors (Lipinski definition) is 5. The van der Waals surface area contributed by atoms with Gasteiger partial charge in [0.15, 0.2) is 0 Å². The third kappa shape index (κ3) is 4.97. The molecule has 0 aromatic rings. The fourth-order valence-electron chi connectivity index (χ4n) is 0.399. The molecule has 0 spiro atoms. The van der Waals surface area contributed by atoms with E-state index >= 15 is 0 Å². The van der Waals surface area contributed by atoms with Crippen molar-refractivity contribution in [3.63, 3.8) is 0 Å². The van der Waals surface area contributed by atoms with Crippen molar-refractivity contribution in [3.8, 4) is 0 Å². The van der Waals surface area contributed by atoms with Gasteiger partial charge in [0.2, 0.25) is 0 Å². The average molecular weight is 193 g/mol. The molecule has 5 nitrogen and oxygen atoms in total. The van der Waals surface area contributed by atoms with E-state index in [0.29, 0.717) is 0 Å². The zero-order valence-electron chi connectivity index (χ0n) is 6.65. The molecule has 3 N–H and O–H groups in total. The Morgan fingerprint density at radius 3 is 2.67 bits per heavy atom. The molecule has 1 unspecified atom stereocenters. The van der Waals surface area contributed by atoms with E-state index in [0.717, 1.165) is 11.8 Å². The van der Waals surface area contributed by atoms with Gasteiger partial charge in [-0.1, -0.05) is 0 Å². The fraction of sp³-hybridized carbons (Fsp3) is 0.667. The zero-order chi connectivity index (χ0) is 9.56. The highest BCUT2D eigenvalue weighted by atomic mass is 32.2. The smallest absolute Gasteiger partial charge is 0.321 e. The molecule has 12 heavy (non-hydrogen) atoms. The number of carbonyl (C=O) groups is 2. The summed E-state index contributed by atoms with van der Waals surface area (Å²) in [6.45, 7) is 0. The third-order valence-corrected chi connectivity index (χ3v) is 2.10. The highest BCUT2D eigenvalue weighted by Gasteiger charge is 2.11. The monoisotopic (exact) mass is 193 g/mol. The van der Waals surface area contributed by atoms with Crippen molar-refractivity contribution in [3.05, 3.63) is 0 Å². The number of carbonyl (C=O) groups excluding carboxylic acids is 1. The van der Waals surface area contributed by atoms with E-state index in [-0.39, 0.29) is 17.5 Å². The van der Waals surface area contributed by atoms with Gasteiger partial charge in [-0.15, -0.1) is 11.8 Å². The Hall–Kier alpha value is -0.750. The summed E-state index contributed by atoms with van der Waals surface area (Å²) in [5.41, 5.74) is 5.17. The lowest BCUT2D eigenvalue weighted by Crippen LogP contribution is -2.32. The van der Waals surface area contributed by atoms with Crippen molar-refractivity contribution in [2.75, 3.05) is 18.6 Å². The molecule has 70 valence electrons. The van der Waals surface area contributed by atoms with Crippen LogP contribution in [0.15, 0.2) is 0 Å². The SMILES string of the molecule is COC(=O)CSCC(N)C(=O)O. The summed E-state index contributed by atoms with van der Waals surface area (Å²) < 4.78 is 4.34. The minimum atomic E-state index is -1.06. The molecule has 0 aliphatic heterocycles. The van der Waals surface area contributed by atoms with E-state index in [1.54, 1.807) is 0 Å². The second-order valence-corrected chi connectivity index (χ2v) is 3.07. The first-order chi connectivity index (χ1) is 5.57. The molecule has 0 rings (SSSR count). The normalized spacial score (nSPS) is 12.2. The molecule has 0 aromatic heterocycles. The number of rotatable bonds is 5. The Labute approximate surface area is 74.3 Å². The maximum Gasteiger partial charge on any atom is 0.321 e. The number of hydrogen-bond donors (Lipinski definition) is 2. The predicted molar refractivity (Wildman–Crippen MR) is 45.0 cm³/mol. The number of esters is 1. The molecule has 0 saturated carbocycles. The van der Waals surface area contributed by atoms with Crippen molar-refractivity contribution in [1.29, 1.82) is 0 Å². The molecule has 0 aliphatic carbocycles. The van der Waals surface area contributed by atoms with Crippen LogP contribution < -0.4 is 5.73 Å². The van der Waals surface area contributed by atoms with Crippen molar-refractivity contribution in [1.82, 2.24) is 0 Å². The molecule has 0 aliphatic rings. The summed E-state index contributed by atoms with van der Waals surface area (Å²) >= 11 is 1.14. The van der Waals surface area contributed by atoms with Crippen molar-refractivity contribution in [2.45, 2.75) is 6.04 Å². The van der Waals surface area contributed by atoms with E-state index in [9.17, 15) is 9.59 Å². The first kappa shape index (κ1) is 11.2. The number of aliphatic carboxylic acids is 1. The quantitative estimate of drug-likeness (QED) is 0.561. The summed E-state index contributed by atoms with van der Waals surface area (Å²) in [6.07, 6.45) is 0. The lowest BCUT2D eigenvalue weighted by molar-refractivity contribution is -0.138. The number of nitrogens with two attached hydrogens (primary N) is 1. The van der Waals surface area contributed by atoms with Gasteiger partial charge in [-0.25, -0.2) is 0 Å². The van der Waals surface area contributed by atoms with E-state index < -0.39 is 12.0 Å². The largest absolute Gasteiger partial charge is 0.480 e. The molecule has 0 amide bonds. The lowest BCUT2D eigenvalue weighted by atomic mass is 10.4. The number of methoxy groups -OCH3 is 1. The lowest BCUT2D eigenvalue weighted by Gasteiger charge is -2.04. The molecule has 1 atom stereocenters. The molecule has 0 fully saturated rings. The average Bonchev–Trinajstić information content (AvgIpc) is 2.03. The van der Waals surface area contributed by atoms with Gasteiger partial charge >= 0.3 is 11.9 Å². The van der Waals surface area contributed by atoms with Gasteiger partial charge < -0.3 is 15.6 Å². The van der Waals surface area contributed by atoms with Crippen LogP contribution in [0.5, 0.6) is 0 Å². The van der Waals surface area contributed by atoms with Gasteiger partial charge in [-0.05, 0) is 0 Å². The van der Waals surface area contributed by atoms with Gasteiger partial charge in [-0.2, -0.15) is 0 Å². The summed E-state index contributed by atoms with van der Waals surface area (Å²) in [5.74, 6) is -1.09. The van der Waals surface area contributed by atoms with Crippen LogP contribution >= 0.6 is 11.8 Å². The maximum absolute atomic E-state index is 10.5. The summed E-state index contributed by atoms with van der Waals surface area (Å²) in [4.78, 5) is 20.7. The standard InChI is InChI=1S/C6H11NO4S/c1-11-5(8)3-12-2-4(7)6(9)10/h4H,2-3,7H2,1H3,(H,9,10). The molecule has 6 heteroatoms. The first-order valence-corrected chi connectivity index (χ1v) is 4.36. The van der Waals surface area contributed by atoms with Gasteiger partial charge in [0, 0.05) is 5.75 Å². The molecule has 0 bridgehead atoms. The van der Waals surface area contributed by atoms with E-state index in [2.05, 4.69) is 4.74 Å². The summed E-state index contributed by atoms with van der Waals surface area (Å²) in [5, 5.41) is 8.35. The highest BCUT2D eigenvalue weighted by Crippen LogP contribution is 2.01. The number of thioether (sulfide) groups is 1. The first-order valence-electron chi connectivity index (χ1n) is 3.21. The van der Waals surface area contributed by atoms with E-state index in [4.69, 9.17) is 10.8 Å². The Kier molecular flexibility index (Phi) is 5.48. The molecule has 0 heterocycles. The second kappa shape index (κ2) is 5.84. The van der Waals surface area contributed by atoms with Crippen LogP contribution in [0.3, 0.4) is 0 Å². The molecular formula is C6H11NO4S. The maximum atomic E-state index is 10.5. The molecular weight excluding hydrogens is 182 g/mol. The Morgan fingerprint density at radius 1 is 1.67 bits per heavy atom. The minimum Gasteiger partial charge on any atom is -0.480 e. The molecule has 0 radical (unpaired) electrons. The number of carboxylic acids is 1. The van der Waals surface area contributed by atoms with Crippen LogP contribution in [0.2, 0.25) is 0 Å². The van der Waals surface area contributed by atoms with Crippen LogP contribution in [-0.2, 0) is 14.3 Å². The highest BCUT2D eigenvalue weighted by molar-refractivity contribution is 8.00. The van der Waals surface area contributed by atoms with Gasteiger partial charge in [-0.3, -0.25) is 9.59 Å². The van der Waals surface area contributed by atoms with Crippen LogP contribution in [0.25, 0.3) is 0 Å². The fourth-order valence-corrected chi connectivity index (χ4v) is 1.20. The number of ether oxygens (including phenoxy) is 1. The zero-order valence-corrected chi connectivity index (χ0v) is 7.47. The number of carboxylic acid groups (broad SMARTS) is 1. The molecule has 0 aromatic carbocycles. The third-order valence-electron chi connectivity index (χ3n) is 1.06. The van der Waals surface area contributed by atoms with Crippen LogP contribution in [-0.4, -0.2) is 41.7 Å². The summed E-state index contributed by atoms with van der Waals surface area (Å²) in [7, 11) is 1.28.